The molecule has 1 aromatic carbocycles. The number of aliphatic hydroxyl groups is 1. The number of aryl methyl sites for hydroxylation is 2. The van der Waals surface area contributed by atoms with Crippen LogP contribution in [0.15, 0.2) is 36.7 Å². The van der Waals surface area contributed by atoms with Gasteiger partial charge in [0.1, 0.15) is 5.82 Å². The minimum atomic E-state index is 0.0860. The van der Waals surface area contributed by atoms with E-state index in [4.69, 9.17) is 5.11 Å². The zero-order valence-corrected chi connectivity index (χ0v) is 14.9. The third kappa shape index (κ3) is 4.48. The summed E-state index contributed by atoms with van der Waals surface area (Å²) in [6, 6.07) is 8.12. The maximum Gasteiger partial charge on any atom is 0.224 e. The summed E-state index contributed by atoms with van der Waals surface area (Å²) in [4.78, 5) is 18.8. The number of imidazole rings is 1. The molecule has 1 atom stereocenters. The second-order valence-corrected chi connectivity index (χ2v) is 6.81. The van der Waals surface area contributed by atoms with Gasteiger partial charge in [0.05, 0.1) is 6.61 Å². The van der Waals surface area contributed by atoms with Crippen molar-refractivity contribution in [3.05, 3.63) is 53.6 Å². The van der Waals surface area contributed by atoms with Crippen LogP contribution in [-0.4, -0.2) is 38.6 Å². The number of aromatic nitrogens is 2. The third-order valence-electron chi connectivity index (χ3n) is 5.05. The number of amides is 1. The van der Waals surface area contributed by atoms with Gasteiger partial charge in [-0.3, -0.25) is 4.79 Å². The molecular weight excluding hydrogens is 314 g/mol. The highest BCUT2D eigenvalue weighted by atomic mass is 16.3. The molecule has 3 rings (SSSR count). The molecule has 5 nitrogen and oxygen atoms in total. The third-order valence-corrected chi connectivity index (χ3v) is 5.05. The zero-order valence-electron chi connectivity index (χ0n) is 14.9. The van der Waals surface area contributed by atoms with Gasteiger partial charge in [0.2, 0.25) is 5.91 Å². The van der Waals surface area contributed by atoms with Crippen molar-refractivity contribution in [2.24, 2.45) is 5.92 Å². The maximum absolute atomic E-state index is 12.5. The molecule has 0 bridgehead atoms. The van der Waals surface area contributed by atoms with Crippen molar-refractivity contribution in [2.75, 3.05) is 13.1 Å². The molecule has 0 radical (unpaired) electrons. The number of aliphatic hydroxyl groups excluding tert-OH is 1. The molecule has 1 aliphatic rings. The van der Waals surface area contributed by atoms with E-state index in [2.05, 4.69) is 28.6 Å². The molecule has 5 heteroatoms. The average Bonchev–Trinajstić information content (AvgIpc) is 3.29. The van der Waals surface area contributed by atoms with Gasteiger partial charge in [0.25, 0.3) is 0 Å². The van der Waals surface area contributed by atoms with Crippen molar-refractivity contribution in [1.82, 2.24) is 14.5 Å². The lowest BCUT2D eigenvalue weighted by Gasteiger charge is -2.17. The number of likely N-dealkylation sites (tertiary alicyclic amines) is 1. The van der Waals surface area contributed by atoms with E-state index < -0.39 is 0 Å². The molecule has 1 saturated heterocycles. The Kier molecular flexibility index (Phi) is 5.87. The highest BCUT2D eigenvalue weighted by Crippen LogP contribution is 2.22. The predicted octanol–water partition coefficient (Wildman–Crippen LogP) is 2.42. The molecule has 1 amide bonds. The van der Waals surface area contributed by atoms with E-state index in [0.29, 0.717) is 18.9 Å². The van der Waals surface area contributed by atoms with E-state index in [-0.39, 0.29) is 12.5 Å². The molecule has 1 N–H and O–H groups in total. The van der Waals surface area contributed by atoms with Gasteiger partial charge < -0.3 is 14.6 Å². The maximum atomic E-state index is 12.5. The number of hydrogen-bond acceptors (Lipinski definition) is 3. The van der Waals surface area contributed by atoms with Gasteiger partial charge in [-0.1, -0.05) is 31.2 Å². The van der Waals surface area contributed by atoms with Crippen molar-refractivity contribution in [1.29, 1.82) is 0 Å². The molecule has 2 aromatic rings. The Labute approximate surface area is 149 Å². The van der Waals surface area contributed by atoms with Gasteiger partial charge in [-0.25, -0.2) is 4.98 Å². The van der Waals surface area contributed by atoms with E-state index in [1.807, 2.05) is 23.2 Å². The minimum absolute atomic E-state index is 0.0860. The van der Waals surface area contributed by atoms with Gasteiger partial charge >= 0.3 is 0 Å². The number of hydrogen-bond donors (Lipinski definition) is 1. The number of carbonyl (C=O) groups excluding carboxylic acids is 1. The number of rotatable bonds is 7. The summed E-state index contributed by atoms with van der Waals surface area (Å²) >= 11 is 0. The highest BCUT2D eigenvalue weighted by molar-refractivity contribution is 5.76. The minimum Gasteiger partial charge on any atom is -0.392 e. The second kappa shape index (κ2) is 8.30. The normalized spacial score (nSPS) is 17.2. The van der Waals surface area contributed by atoms with Gasteiger partial charge in [-0.05, 0) is 29.9 Å². The first kappa shape index (κ1) is 17.7. The molecule has 0 spiro atoms. The molecule has 1 aromatic heterocycles. The van der Waals surface area contributed by atoms with E-state index in [1.165, 1.54) is 5.56 Å². The van der Waals surface area contributed by atoms with Crippen molar-refractivity contribution < 1.29 is 9.90 Å². The van der Waals surface area contributed by atoms with Crippen molar-refractivity contribution in [3.63, 3.8) is 0 Å². The summed E-state index contributed by atoms with van der Waals surface area (Å²) in [5.74, 6) is 1.82. The van der Waals surface area contributed by atoms with Gasteiger partial charge in [-0.15, -0.1) is 0 Å². The van der Waals surface area contributed by atoms with Crippen LogP contribution in [0.25, 0.3) is 0 Å². The van der Waals surface area contributed by atoms with Crippen LogP contribution in [0.2, 0.25) is 0 Å². The quantitative estimate of drug-likeness (QED) is 0.841. The molecule has 134 valence electrons. The zero-order chi connectivity index (χ0) is 17.6. The first-order valence-corrected chi connectivity index (χ1v) is 9.16. The first-order valence-electron chi connectivity index (χ1n) is 9.16. The standard InChI is InChI=1S/C20H27N3O2/c1-2-19-21-9-12-22(19)11-8-20(25)23-10-7-18(14-23)13-16-3-5-17(15-24)6-4-16/h3-6,9,12,18,24H,2,7-8,10-11,13-15H2,1H3/t18-/m1/s1. The number of nitrogens with zero attached hydrogens (tertiary/aromatic N) is 3. The number of benzene rings is 1. The van der Waals surface area contributed by atoms with E-state index in [9.17, 15) is 4.79 Å². The lowest BCUT2D eigenvalue weighted by molar-refractivity contribution is -0.130. The Bertz CT molecular complexity index is 693. The van der Waals surface area contributed by atoms with Crippen LogP contribution >= 0.6 is 0 Å². The first-order chi connectivity index (χ1) is 12.2. The predicted molar refractivity (Wildman–Crippen MR) is 97.0 cm³/mol. The molecule has 0 saturated carbocycles. The summed E-state index contributed by atoms with van der Waals surface area (Å²) < 4.78 is 2.08. The summed E-state index contributed by atoms with van der Waals surface area (Å²) in [5, 5.41) is 9.11. The summed E-state index contributed by atoms with van der Waals surface area (Å²) in [6.45, 7) is 4.60. The Hall–Kier alpha value is -2.14. The Balaban J connectivity index is 1.47. The highest BCUT2D eigenvalue weighted by Gasteiger charge is 2.26. The lowest BCUT2D eigenvalue weighted by atomic mass is 9.98. The Morgan fingerprint density at radius 2 is 2.04 bits per heavy atom. The summed E-state index contributed by atoms with van der Waals surface area (Å²) in [5.41, 5.74) is 2.22. The fraction of sp³-hybridized carbons (Fsp3) is 0.500. The van der Waals surface area contributed by atoms with Gasteiger partial charge in [-0.2, -0.15) is 0 Å². The van der Waals surface area contributed by atoms with E-state index >= 15 is 0 Å². The van der Waals surface area contributed by atoms with Gasteiger partial charge in [0, 0.05) is 44.9 Å². The molecule has 25 heavy (non-hydrogen) atoms. The number of carbonyl (C=O) groups is 1. The monoisotopic (exact) mass is 341 g/mol. The molecule has 0 aliphatic carbocycles. The van der Waals surface area contributed by atoms with E-state index in [0.717, 1.165) is 43.7 Å². The van der Waals surface area contributed by atoms with Crippen LogP contribution < -0.4 is 0 Å². The Morgan fingerprint density at radius 1 is 1.28 bits per heavy atom. The smallest absolute Gasteiger partial charge is 0.224 e. The molecule has 2 heterocycles. The lowest BCUT2D eigenvalue weighted by Crippen LogP contribution is -2.29. The van der Waals surface area contributed by atoms with Crippen LogP contribution in [0.1, 0.15) is 36.7 Å². The summed E-state index contributed by atoms with van der Waals surface area (Å²) in [6.07, 6.45) is 7.26. The van der Waals surface area contributed by atoms with Crippen LogP contribution in [0, 0.1) is 5.92 Å². The topological polar surface area (TPSA) is 58.4 Å². The van der Waals surface area contributed by atoms with Gasteiger partial charge in [0.15, 0.2) is 0 Å². The van der Waals surface area contributed by atoms with Crippen molar-refractivity contribution >= 4 is 5.91 Å². The fourth-order valence-corrected chi connectivity index (χ4v) is 3.57. The molecular formula is C20H27N3O2. The summed E-state index contributed by atoms with van der Waals surface area (Å²) in [7, 11) is 0. The average molecular weight is 341 g/mol. The second-order valence-electron chi connectivity index (χ2n) is 6.81. The van der Waals surface area contributed by atoms with Crippen LogP contribution in [0.5, 0.6) is 0 Å². The van der Waals surface area contributed by atoms with Crippen LogP contribution in [0.3, 0.4) is 0 Å². The molecule has 0 unspecified atom stereocenters. The van der Waals surface area contributed by atoms with Crippen molar-refractivity contribution in [3.8, 4) is 0 Å². The van der Waals surface area contributed by atoms with Crippen LogP contribution in [0.4, 0.5) is 0 Å². The van der Waals surface area contributed by atoms with E-state index in [1.54, 1.807) is 6.20 Å². The molecule has 1 fully saturated rings. The van der Waals surface area contributed by atoms with Crippen molar-refractivity contribution in [2.45, 2.75) is 45.8 Å². The SMILES string of the molecule is CCc1nccn1CCC(=O)N1CC[C@H](Cc2ccc(CO)cc2)C1. The fourth-order valence-electron chi connectivity index (χ4n) is 3.57. The molecule has 1 aliphatic heterocycles. The largest absolute Gasteiger partial charge is 0.392 e. The Morgan fingerprint density at radius 3 is 2.76 bits per heavy atom. The van der Waals surface area contributed by atoms with Crippen LogP contribution in [-0.2, 0) is 30.8 Å².